The largest absolute Gasteiger partial charge is 0.294 e. The lowest BCUT2D eigenvalue weighted by atomic mass is 10.0. The van der Waals surface area contributed by atoms with Crippen LogP contribution in [-0.4, -0.2) is 5.78 Å². The van der Waals surface area contributed by atoms with Gasteiger partial charge in [-0.2, -0.15) is 0 Å². The number of Topliss-reactive ketones (excluding diaryl/α,β-unsaturated/α-hetero) is 1. The summed E-state index contributed by atoms with van der Waals surface area (Å²) in [6.45, 7) is 0. The van der Waals surface area contributed by atoms with Gasteiger partial charge in [-0.1, -0.05) is 35.3 Å². The lowest BCUT2D eigenvalue weighted by molar-refractivity contribution is 0.0989. The van der Waals surface area contributed by atoms with E-state index in [0.29, 0.717) is 5.02 Å². The Morgan fingerprint density at radius 2 is 1.78 bits per heavy atom. The van der Waals surface area contributed by atoms with E-state index in [-0.39, 0.29) is 22.8 Å². The van der Waals surface area contributed by atoms with Crippen molar-refractivity contribution in [3.63, 3.8) is 0 Å². The van der Waals surface area contributed by atoms with Crippen LogP contribution in [0.2, 0.25) is 10.0 Å². The van der Waals surface area contributed by atoms with Crippen molar-refractivity contribution in [1.82, 2.24) is 0 Å². The lowest BCUT2D eigenvalue weighted by Gasteiger charge is -2.04. The minimum Gasteiger partial charge on any atom is -0.294 e. The first-order valence-electron chi connectivity index (χ1n) is 5.29. The Morgan fingerprint density at radius 1 is 1.06 bits per heavy atom. The lowest BCUT2D eigenvalue weighted by Crippen LogP contribution is -2.06. The number of rotatable bonds is 3. The van der Waals surface area contributed by atoms with Crippen LogP contribution in [0.3, 0.4) is 0 Å². The van der Waals surface area contributed by atoms with Crippen LogP contribution in [-0.2, 0) is 6.42 Å². The molecule has 92 valence electrons. The first-order valence-corrected chi connectivity index (χ1v) is 6.04. The monoisotopic (exact) mass is 282 g/mol. The van der Waals surface area contributed by atoms with E-state index in [0.717, 1.165) is 11.6 Å². The van der Waals surface area contributed by atoms with Crippen LogP contribution in [0.25, 0.3) is 0 Å². The molecule has 0 fully saturated rings. The Hall–Kier alpha value is -1.38. The highest BCUT2D eigenvalue weighted by atomic mass is 35.5. The molecular formula is C14H9Cl2FO. The normalized spacial score (nSPS) is 10.4. The van der Waals surface area contributed by atoms with Crippen LogP contribution in [0, 0.1) is 5.82 Å². The molecule has 0 bridgehead atoms. The van der Waals surface area contributed by atoms with Gasteiger partial charge in [0, 0.05) is 16.5 Å². The second-order valence-corrected chi connectivity index (χ2v) is 4.73. The predicted molar refractivity (Wildman–Crippen MR) is 70.9 cm³/mol. The predicted octanol–water partition coefficient (Wildman–Crippen LogP) is 4.56. The topological polar surface area (TPSA) is 17.1 Å². The smallest absolute Gasteiger partial charge is 0.170 e. The maximum absolute atomic E-state index is 13.6. The van der Waals surface area contributed by atoms with Crippen molar-refractivity contribution < 1.29 is 9.18 Å². The van der Waals surface area contributed by atoms with E-state index in [1.54, 1.807) is 24.3 Å². The van der Waals surface area contributed by atoms with Gasteiger partial charge in [0.15, 0.2) is 5.78 Å². The maximum atomic E-state index is 13.6. The van der Waals surface area contributed by atoms with Crippen molar-refractivity contribution in [2.45, 2.75) is 6.42 Å². The number of ketones is 1. The third kappa shape index (κ3) is 3.09. The fourth-order valence-corrected chi connectivity index (χ4v) is 2.01. The minimum atomic E-state index is -0.602. The Kier molecular flexibility index (Phi) is 4.00. The molecule has 1 nitrogen and oxygen atoms in total. The molecule has 18 heavy (non-hydrogen) atoms. The molecule has 2 aromatic carbocycles. The number of carbonyl (C=O) groups is 1. The highest BCUT2D eigenvalue weighted by Gasteiger charge is 2.12. The quantitative estimate of drug-likeness (QED) is 0.755. The summed E-state index contributed by atoms with van der Waals surface area (Å²) >= 11 is 11.5. The van der Waals surface area contributed by atoms with Gasteiger partial charge in [0.05, 0.1) is 5.56 Å². The van der Waals surface area contributed by atoms with E-state index in [4.69, 9.17) is 23.2 Å². The summed E-state index contributed by atoms with van der Waals surface area (Å²) in [5.41, 5.74) is 0.793. The van der Waals surface area contributed by atoms with Gasteiger partial charge in [-0.15, -0.1) is 0 Å². The van der Waals surface area contributed by atoms with Crippen LogP contribution >= 0.6 is 23.2 Å². The van der Waals surface area contributed by atoms with Crippen molar-refractivity contribution in [1.29, 1.82) is 0 Å². The van der Waals surface area contributed by atoms with E-state index in [1.807, 2.05) is 0 Å². The number of hydrogen-bond donors (Lipinski definition) is 0. The zero-order chi connectivity index (χ0) is 13.1. The SMILES string of the molecule is O=C(Cc1cccc(Cl)c1)c1ccc(Cl)cc1F. The first-order chi connectivity index (χ1) is 8.56. The second kappa shape index (κ2) is 5.51. The molecule has 0 amide bonds. The molecule has 4 heteroatoms. The molecular weight excluding hydrogens is 274 g/mol. The van der Waals surface area contributed by atoms with Crippen LogP contribution in [0.4, 0.5) is 4.39 Å². The third-order valence-corrected chi connectivity index (χ3v) is 2.96. The standard InChI is InChI=1S/C14H9Cl2FO/c15-10-3-1-2-9(6-10)7-14(18)12-5-4-11(16)8-13(12)17/h1-6,8H,7H2. The van der Waals surface area contributed by atoms with Gasteiger partial charge in [0.1, 0.15) is 5.82 Å². The molecule has 0 heterocycles. The molecule has 0 radical (unpaired) electrons. The second-order valence-electron chi connectivity index (χ2n) is 3.85. The Balaban J connectivity index is 2.22. The van der Waals surface area contributed by atoms with E-state index in [2.05, 4.69) is 0 Å². The van der Waals surface area contributed by atoms with Crippen molar-refractivity contribution >= 4 is 29.0 Å². The summed E-state index contributed by atoms with van der Waals surface area (Å²) in [6, 6.07) is 11.0. The van der Waals surface area contributed by atoms with Crippen LogP contribution in [0.1, 0.15) is 15.9 Å². The molecule has 2 rings (SSSR count). The fourth-order valence-electron chi connectivity index (χ4n) is 1.64. The molecule has 0 aliphatic rings. The van der Waals surface area contributed by atoms with Gasteiger partial charge in [-0.05, 0) is 35.9 Å². The van der Waals surface area contributed by atoms with Crippen molar-refractivity contribution in [2.75, 3.05) is 0 Å². The summed E-state index contributed by atoms with van der Waals surface area (Å²) < 4.78 is 13.6. The summed E-state index contributed by atoms with van der Waals surface area (Å²) in [7, 11) is 0. The molecule has 0 saturated carbocycles. The third-order valence-electron chi connectivity index (χ3n) is 2.49. The average molecular weight is 283 g/mol. The fraction of sp³-hybridized carbons (Fsp3) is 0.0714. The number of halogens is 3. The molecule has 0 saturated heterocycles. The highest BCUT2D eigenvalue weighted by Crippen LogP contribution is 2.18. The maximum Gasteiger partial charge on any atom is 0.170 e. The number of carbonyl (C=O) groups excluding carboxylic acids is 1. The first kappa shape index (κ1) is 13.1. The van der Waals surface area contributed by atoms with Crippen LogP contribution < -0.4 is 0 Å². The Morgan fingerprint density at radius 3 is 2.44 bits per heavy atom. The Labute approximate surface area is 114 Å². The van der Waals surface area contributed by atoms with Crippen molar-refractivity contribution in [3.8, 4) is 0 Å². The molecule has 0 N–H and O–H groups in total. The summed E-state index contributed by atoms with van der Waals surface area (Å²) in [6.07, 6.45) is 0.110. The molecule has 2 aromatic rings. The average Bonchev–Trinajstić information content (AvgIpc) is 2.28. The highest BCUT2D eigenvalue weighted by molar-refractivity contribution is 6.31. The molecule has 0 aliphatic carbocycles. The Bertz CT molecular complexity index is 596. The number of benzene rings is 2. The summed E-state index contributed by atoms with van der Waals surface area (Å²) in [4.78, 5) is 11.9. The molecule has 0 spiro atoms. The molecule has 0 atom stereocenters. The molecule has 0 unspecified atom stereocenters. The van der Waals surface area contributed by atoms with E-state index < -0.39 is 5.82 Å². The van der Waals surface area contributed by atoms with Gasteiger partial charge in [-0.3, -0.25) is 4.79 Å². The minimum absolute atomic E-state index is 0.0411. The van der Waals surface area contributed by atoms with Crippen molar-refractivity contribution in [3.05, 3.63) is 69.5 Å². The van der Waals surface area contributed by atoms with E-state index in [9.17, 15) is 9.18 Å². The van der Waals surface area contributed by atoms with E-state index >= 15 is 0 Å². The van der Waals surface area contributed by atoms with Gasteiger partial charge < -0.3 is 0 Å². The molecule has 0 aliphatic heterocycles. The zero-order valence-electron chi connectivity index (χ0n) is 9.29. The van der Waals surface area contributed by atoms with Crippen LogP contribution in [0.15, 0.2) is 42.5 Å². The summed E-state index contributed by atoms with van der Waals surface area (Å²) in [5, 5.41) is 0.823. The molecule has 0 aromatic heterocycles. The number of hydrogen-bond acceptors (Lipinski definition) is 1. The van der Waals surface area contributed by atoms with Gasteiger partial charge in [0.2, 0.25) is 0 Å². The van der Waals surface area contributed by atoms with Gasteiger partial charge in [-0.25, -0.2) is 4.39 Å². The van der Waals surface area contributed by atoms with Crippen molar-refractivity contribution in [2.24, 2.45) is 0 Å². The summed E-state index contributed by atoms with van der Waals surface area (Å²) in [5.74, 6) is -0.902. The zero-order valence-corrected chi connectivity index (χ0v) is 10.8. The van der Waals surface area contributed by atoms with Gasteiger partial charge in [0.25, 0.3) is 0 Å². The van der Waals surface area contributed by atoms with Gasteiger partial charge >= 0.3 is 0 Å². The van der Waals surface area contributed by atoms with E-state index in [1.165, 1.54) is 12.1 Å². The van der Waals surface area contributed by atoms with Crippen LogP contribution in [0.5, 0.6) is 0 Å².